The Hall–Kier alpha value is -3.97. The molecule has 200 valence electrons. The van der Waals surface area contributed by atoms with Crippen LogP contribution in [-0.4, -0.2) is 78.6 Å². The van der Waals surface area contributed by atoms with Gasteiger partial charge in [0.25, 0.3) is 0 Å². The van der Waals surface area contributed by atoms with E-state index >= 15 is 0 Å². The van der Waals surface area contributed by atoms with E-state index in [1.165, 1.54) is 20.3 Å². The summed E-state index contributed by atoms with van der Waals surface area (Å²) in [6.07, 6.45) is -2.96. The fourth-order valence-electron chi connectivity index (χ4n) is 4.96. The highest BCUT2D eigenvalue weighted by molar-refractivity contribution is 6.14. The number of carbonyl (C=O) groups is 1. The average Bonchev–Trinajstić information content (AvgIpc) is 3.61. The van der Waals surface area contributed by atoms with Crippen LogP contribution < -0.4 is 23.7 Å². The van der Waals surface area contributed by atoms with Gasteiger partial charge in [0, 0.05) is 28.1 Å². The summed E-state index contributed by atoms with van der Waals surface area (Å²) < 4.78 is 38.8. The van der Waals surface area contributed by atoms with E-state index in [1.54, 1.807) is 18.2 Å². The van der Waals surface area contributed by atoms with Gasteiger partial charge in [-0.05, 0) is 23.6 Å². The molecule has 6 rings (SSSR count). The second-order valence-corrected chi connectivity index (χ2v) is 9.11. The van der Waals surface area contributed by atoms with Crippen molar-refractivity contribution in [3.05, 3.63) is 35.4 Å². The van der Waals surface area contributed by atoms with Crippen molar-refractivity contribution in [1.82, 2.24) is 0 Å². The summed E-state index contributed by atoms with van der Waals surface area (Å²) in [4.78, 5) is 13.1. The van der Waals surface area contributed by atoms with Crippen LogP contribution in [0.25, 0.3) is 21.9 Å². The van der Waals surface area contributed by atoms with Crippen molar-refractivity contribution in [2.75, 3.05) is 34.2 Å². The minimum atomic E-state index is -1.92. The molecule has 3 aliphatic heterocycles. The number of phenols is 1. The molecule has 3 aliphatic rings. The van der Waals surface area contributed by atoms with Crippen molar-refractivity contribution >= 4 is 16.7 Å². The lowest BCUT2D eigenvalue weighted by atomic mass is 9.88. The van der Waals surface area contributed by atoms with Crippen LogP contribution in [0.3, 0.4) is 0 Å². The predicted molar refractivity (Wildman–Crippen MR) is 128 cm³/mol. The Labute approximate surface area is 215 Å². The van der Waals surface area contributed by atoms with Crippen molar-refractivity contribution < 1.29 is 58.4 Å². The van der Waals surface area contributed by atoms with Crippen molar-refractivity contribution in [3.8, 4) is 45.6 Å². The molecule has 4 N–H and O–H groups in total. The SMILES string of the molecule is COc1cc2c(OC3OCC(O)(CO)C3O)c3c(c(-c4cc5c(cc4O)OCO5)c2cc1OC)C(=O)OC3. The summed E-state index contributed by atoms with van der Waals surface area (Å²) in [6, 6.07) is 6.22. The summed E-state index contributed by atoms with van der Waals surface area (Å²) in [5.74, 6) is 0.741. The van der Waals surface area contributed by atoms with E-state index in [1.807, 2.05) is 0 Å². The summed E-state index contributed by atoms with van der Waals surface area (Å²) >= 11 is 0. The molecule has 0 saturated carbocycles. The maximum atomic E-state index is 13.1. The zero-order valence-electron chi connectivity index (χ0n) is 20.3. The highest BCUT2D eigenvalue weighted by Gasteiger charge is 2.50. The zero-order chi connectivity index (χ0) is 26.8. The molecule has 0 aliphatic carbocycles. The molecule has 3 atom stereocenters. The molecule has 1 saturated heterocycles. The maximum absolute atomic E-state index is 13.1. The predicted octanol–water partition coefficient (Wildman–Crippen LogP) is 1.45. The van der Waals surface area contributed by atoms with E-state index in [0.29, 0.717) is 44.9 Å². The van der Waals surface area contributed by atoms with Crippen LogP contribution in [-0.2, 0) is 16.1 Å². The monoisotopic (exact) mass is 528 g/mol. The molecule has 0 bridgehead atoms. The number of rotatable bonds is 6. The minimum absolute atomic E-state index is 0.0131. The number of aliphatic hydroxyl groups is 3. The smallest absolute Gasteiger partial charge is 0.339 e. The summed E-state index contributed by atoms with van der Waals surface area (Å²) in [6.45, 7) is -1.30. The molecule has 0 radical (unpaired) electrons. The van der Waals surface area contributed by atoms with Gasteiger partial charge in [0.05, 0.1) is 33.0 Å². The quantitative estimate of drug-likeness (QED) is 0.341. The molecule has 1 fully saturated rings. The number of hydrogen-bond acceptors (Lipinski definition) is 12. The van der Waals surface area contributed by atoms with Gasteiger partial charge in [-0.25, -0.2) is 4.79 Å². The molecule has 3 unspecified atom stereocenters. The lowest BCUT2D eigenvalue weighted by Gasteiger charge is -2.25. The lowest BCUT2D eigenvalue weighted by Crippen LogP contribution is -2.48. The zero-order valence-corrected chi connectivity index (χ0v) is 20.3. The Bertz CT molecular complexity index is 1470. The van der Waals surface area contributed by atoms with Crippen molar-refractivity contribution in [2.24, 2.45) is 0 Å². The second kappa shape index (κ2) is 8.81. The van der Waals surface area contributed by atoms with Crippen molar-refractivity contribution in [2.45, 2.75) is 24.6 Å². The van der Waals surface area contributed by atoms with Crippen LogP contribution in [0.4, 0.5) is 0 Å². The average molecular weight is 528 g/mol. The molecular formula is C26H24O12. The number of ether oxygens (including phenoxy) is 7. The third-order valence-electron chi connectivity index (χ3n) is 6.99. The second-order valence-electron chi connectivity index (χ2n) is 9.11. The van der Waals surface area contributed by atoms with Crippen LogP contribution in [0.5, 0.6) is 34.5 Å². The molecule has 3 aromatic rings. The van der Waals surface area contributed by atoms with Gasteiger partial charge < -0.3 is 53.6 Å². The molecular weight excluding hydrogens is 504 g/mol. The number of benzene rings is 3. The summed E-state index contributed by atoms with van der Waals surface area (Å²) in [7, 11) is 2.92. The van der Waals surface area contributed by atoms with E-state index in [0.717, 1.165) is 0 Å². The van der Waals surface area contributed by atoms with Gasteiger partial charge in [-0.3, -0.25) is 0 Å². The molecule has 0 aromatic heterocycles. The number of aliphatic hydroxyl groups excluding tert-OH is 2. The van der Waals surface area contributed by atoms with Crippen LogP contribution in [0.2, 0.25) is 0 Å². The number of hydrogen-bond donors (Lipinski definition) is 4. The summed E-state index contributed by atoms with van der Waals surface area (Å²) in [5.41, 5.74) is -0.855. The Balaban J connectivity index is 1.64. The van der Waals surface area contributed by atoms with Crippen molar-refractivity contribution in [1.29, 1.82) is 0 Å². The van der Waals surface area contributed by atoms with E-state index in [2.05, 4.69) is 0 Å². The number of methoxy groups -OCH3 is 2. The van der Waals surface area contributed by atoms with E-state index in [-0.39, 0.29) is 42.6 Å². The van der Waals surface area contributed by atoms with Gasteiger partial charge in [-0.1, -0.05) is 0 Å². The molecule has 0 spiro atoms. The first-order valence-electron chi connectivity index (χ1n) is 11.6. The standard InChI is InChI=1S/C26H24O12/c1-32-16-3-11-12(4-17(16)33-2)22(38-25-23(29)26(31,8-27)9-35-25)14-7-34-24(30)21(14)20(11)13-5-18-19(6-15(13)28)37-10-36-18/h3-6,23,25,27-29,31H,7-10H2,1-2H3. The van der Waals surface area contributed by atoms with Gasteiger partial charge in [-0.2, -0.15) is 0 Å². The van der Waals surface area contributed by atoms with Crippen LogP contribution in [0, 0.1) is 0 Å². The lowest BCUT2D eigenvalue weighted by molar-refractivity contribution is -0.115. The number of aromatic hydroxyl groups is 1. The first kappa shape index (κ1) is 24.4. The Kier molecular flexibility index (Phi) is 5.65. The van der Waals surface area contributed by atoms with Crippen molar-refractivity contribution in [3.63, 3.8) is 0 Å². The van der Waals surface area contributed by atoms with Gasteiger partial charge in [0.15, 0.2) is 23.0 Å². The molecule has 3 aromatic carbocycles. The number of fused-ring (bicyclic) bond motifs is 3. The van der Waals surface area contributed by atoms with Gasteiger partial charge in [0.1, 0.15) is 29.8 Å². The molecule has 12 nitrogen and oxygen atoms in total. The molecule has 0 amide bonds. The van der Waals surface area contributed by atoms with E-state index in [4.69, 9.17) is 33.2 Å². The van der Waals surface area contributed by atoms with Crippen LogP contribution in [0.15, 0.2) is 24.3 Å². The van der Waals surface area contributed by atoms with Gasteiger partial charge in [0.2, 0.25) is 13.1 Å². The van der Waals surface area contributed by atoms with Gasteiger partial charge >= 0.3 is 5.97 Å². The fourth-order valence-corrected chi connectivity index (χ4v) is 4.96. The third kappa shape index (κ3) is 3.49. The summed E-state index contributed by atoms with van der Waals surface area (Å²) in [5, 5.41) is 42.4. The third-order valence-corrected chi connectivity index (χ3v) is 6.99. The maximum Gasteiger partial charge on any atom is 0.339 e. The van der Waals surface area contributed by atoms with Crippen LogP contribution in [0.1, 0.15) is 15.9 Å². The van der Waals surface area contributed by atoms with Crippen LogP contribution >= 0.6 is 0 Å². The normalized spacial score (nSPS) is 23.4. The first-order chi connectivity index (χ1) is 18.3. The molecule has 3 heterocycles. The number of phenolic OH excluding ortho intramolecular Hbond substituents is 1. The Morgan fingerprint density at radius 1 is 1.00 bits per heavy atom. The number of cyclic esters (lactones) is 1. The molecule has 38 heavy (non-hydrogen) atoms. The Morgan fingerprint density at radius 3 is 2.34 bits per heavy atom. The highest BCUT2D eigenvalue weighted by atomic mass is 16.7. The largest absolute Gasteiger partial charge is 0.507 e. The Morgan fingerprint density at radius 2 is 1.68 bits per heavy atom. The number of esters is 1. The number of carbonyl (C=O) groups excluding carboxylic acids is 1. The topological polar surface area (TPSA) is 163 Å². The van der Waals surface area contributed by atoms with E-state index < -0.39 is 30.6 Å². The fraction of sp³-hybridized carbons (Fsp3) is 0.346. The highest BCUT2D eigenvalue weighted by Crippen LogP contribution is 2.52. The minimum Gasteiger partial charge on any atom is -0.507 e. The van der Waals surface area contributed by atoms with Gasteiger partial charge in [-0.15, -0.1) is 0 Å². The molecule has 12 heteroatoms. The first-order valence-corrected chi connectivity index (χ1v) is 11.6. The van der Waals surface area contributed by atoms with E-state index in [9.17, 15) is 25.2 Å².